The van der Waals surface area contributed by atoms with Crippen LogP contribution < -0.4 is 5.32 Å². The highest BCUT2D eigenvalue weighted by molar-refractivity contribution is 9.10. The van der Waals surface area contributed by atoms with Gasteiger partial charge in [-0.1, -0.05) is 58.4 Å². The summed E-state index contributed by atoms with van der Waals surface area (Å²) < 4.78 is 5.72. The fraction of sp³-hybridized carbons (Fsp3) is 0.0625. The van der Waals surface area contributed by atoms with E-state index in [4.69, 9.17) is 4.63 Å². The lowest BCUT2D eigenvalue weighted by atomic mass is 10.1. The Morgan fingerprint density at radius 1 is 1.05 bits per heavy atom. The van der Waals surface area contributed by atoms with Crippen LogP contribution in [0, 0.1) is 0 Å². The largest absolute Gasteiger partial charge is 0.306 e. The number of anilines is 1. The average molecular weight is 358 g/mol. The molecule has 0 aliphatic rings. The van der Waals surface area contributed by atoms with Crippen LogP contribution in [0.1, 0.15) is 5.56 Å². The molecule has 1 amide bonds. The van der Waals surface area contributed by atoms with E-state index in [-0.39, 0.29) is 12.3 Å². The van der Waals surface area contributed by atoms with Crippen molar-refractivity contribution in [1.82, 2.24) is 10.3 Å². The lowest BCUT2D eigenvalue weighted by molar-refractivity contribution is -0.115. The Balaban J connectivity index is 1.75. The lowest BCUT2D eigenvalue weighted by Gasteiger charge is -2.03. The van der Waals surface area contributed by atoms with Crippen molar-refractivity contribution in [2.75, 3.05) is 5.32 Å². The first-order valence-corrected chi connectivity index (χ1v) is 7.44. The molecular weight excluding hydrogens is 346 g/mol. The number of aromatic nitrogens is 2. The summed E-state index contributed by atoms with van der Waals surface area (Å²) in [5.41, 5.74) is 2.26. The molecule has 1 N–H and O–H groups in total. The first kappa shape index (κ1) is 14.5. The van der Waals surface area contributed by atoms with Gasteiger partial charge < -0.3 is 5.32 Å². The zero-order chi connectivity index (χ0) is 15.4. The van der Waals surface area contributed by atoms with Crippen molar-refractivity contribution in [3.63, 3.8) is 0 Å². The van der Waals surface area contributed by atoms with E-state index >= 15 is 0 Å². The third-order valence-electron chi connectivity index (χ3n) is 3.07. The van der Waals surface area contributed by atoms with Gasteiger partial charge in [0.05, 0.1) is 6.42 Å². The van der Waals surface area contributed by atoms with E-state index in [2.05, 4.69) is 31.6 Å². The second-order valence-corrected chi connectivity index (χ2v) is 5.59. The number of hydrogen-bond donors (Lipinski definition) is 1. The maximum absolute atomic E-state index is 12.1. The lowest BCUT2D eigenvalue weighted by Crippen LogP contribution is -2.15. The summed E-state index contributed by atoms with van der Waals surface area (Å²) in [6.45, 7) is 0. The summed E-state index contributed by atoms with van der Waals surface area (Å²) in [5.74, 6) is 0.156. The molecule has 0 fully saturated rings. The smallest absolute Gasteiger partial charge is 0.230 e. The van der Waals surface area contributed by atoms with E-state index in [1.807, 2.05) is 54.6 Å². The van der Waals surface area contributed by atoms with Crippen LogP contribution in [0.15, 0.2) is 63.7 Å². The topological polar surface area (TPSA) is 68.0 Å². The molecule has 0 aliphatic heterocycles. The third-order valence-corrected chi connectivity index (χ3v) is 3.60. The van der Waals surface area contributed by atoms with Crippen LogP contribution in [0.5, 0.6) is 0 Å². The van der Waals surface area contributed by atoms with Gasteiger partial charge in [0.1, 0.15) is 0 Å². The Morgan fingerprint density at radius 3 is 2.50 bits per heavy atom. The summed E-state index contributed by atoms with van der Waals surface area (Å²) in [4.78, 5) is 12.1. The van der Waals surface area contributed by atoms with Crippen LogP contribution in [0.2, 0.25) is 0 Å². The number of amides is 1. The summed E-state index contributed by atoms with van der Waals surface area (Å²) in [7, 11) is 0. The number of nitrogens with one attached hydrogen (secondary N) is 1. The highest BCUT2D eigenvalue weighted by Crippen LogP contribution is 2.25. The Kier molecular flexibility index (Phi) is 4.29. The minimum absolute atomic E-state index is 0.166. The van der Waals surface area contributed by atoms with Crippen molar-refractivity contribution in [2.24, 2.45) is 0 Å². The normalized spacial score (nSPS) is 10.4. The van der Waals surface area contributed by atoms with Gasteiger partial charge in [-0.05, 0) is 28.0 Å². The Hall–Kier alpha value is -2.47. The zero-order valence-electron chi connectivity index (χ0n) is 11.5. The molecule has 3 rings (SSSR count). The molecule has 0 saturated heterocycles. The van der Waals surface area contributed by atoms with E-state index in [0.29, 0.717) is 11.5 Å². The van der Waals surface area contributed by atoms with Gasteiger partial charge in [0, 0.05) is 10.0 Å². The summed E-state index contributed by atoms with van der Waals surface area (Å²) in [6.07, 6.45) is 0.271. The van der Waals surface area contributed by atoms with Crippen LogP contribution in [0.4, 0.5) is 5.82 Å². The SMILES string of the molecule is O=C(Cc1ccccc1)Nc1nonc1-c1ccc(Br)cc1. The van der Waals surface area contributed by atoms with Crippen molar-refractivity contribution in [1.29, 1.82) is 0 Å². The van der Waals surface area contributed by atoms with Gasteiger partial charge >= 0.3 is 0 Å². The highest BCUT2D eigenvalue weighted by Gasteiger charge is 2.15. The van der Waals surface area contributed by atoms with Crippen molar-refractivity contribution >= 4 is 27.7 Å². The number of halogens is 1. The minimum Gasteiger partial charge on any atom is -0.306 e. The molecule has 1 aromatic heterocycles. The summed E-state index contributed by atoms with van der Waals surface area (Å²) in [6, 6.07) is 17.0. The van der Waals surface area contributed by atoms with Crippen LogP contribution in [0.3, 0.4) is 0 Å². The molecule has 22 heavy (non-hydrogen) atoms. The van der Waals surface area contributed by atoms with Crippen LogP contribution in [-0.4, -0.2) is 16.2 Å². The van der Waals surface area contributed by atoms with Gasteiger partial charge in [-0.2, -0.15) is 0 Å². The second-order valence-electron chi connectivity index (χ2n) is 4.68. The highest BCUT2D eigenvalue weighted by atomic mass is 79.9. The molecule has 6 heteroatoms. The molecule has 0 bridgehead atoms. The predicted octanol–water partition coefficient (Wildman–Crippen LogP) is 3.68. The maximum atomic E-state index is 12.1. The number of rotatable bonds is 4. The van der Waals surface area contributed by atoms with Crippen LogP contribution in [-0.2, 0) is 11.2 Å². The Morgan fingerprint density at radius 2 is 1.77 bits per heavy atom. The average Bonchev–Trinajstić information content (AvgIpc) is 2.97. The minimum atomic E-state index is -0.166. The first-order valence-electron chi connectivity index (χ1n) is 6.64. The molecule has 0 radical (unpaired) electrons. The van der Waals surface area contributed by atoms with Gasteiger partial charge in [-0.3, -0.25) is 4.79 Å². The molecule has 0 atom stereocenters. The van der Waals surface area contributed by atoms with Crippen LogP contribution in [0.25, 0.3) is 11.3 Å². The maximum Gasteiger partial charge on any atom is 0.230 e. The van der Waals surface area contributed by atoms with Gasteiger partial charge in [-0.25, -0.2) is 4.63 Å². The molecule has 1 heterocycles. The van der Waals surface area contributed by atoms with E-state index in [9.17, 15) is 4.79 Å². The monoisotopic (exact) mass is 357 g/mol. The van der Waals surface area contributed by atoms with Gasteiger partial charge in [0.2, 0.25) is 11.7 Å². The Bertz CT molecular complexity index is 770. The second kappa shape index (κ2) is 6.53. The molecule has 0 spiro atoms. The number of hydrogen-bond acceptors (Lipinski definition) is 4. The van der Waals surface area contributed by atoms with Crippen molar-refractivity contribution < 1.29 is 9.42 Å². The quantitative estimate of drug-likeness (QED) is 0.773. The molecule has 0 saturated carbocycles. The standard InChI is InChI=1S/C16H12BrN3O2/c17-13-8-6-12(7-9-13)15-16(20-22-19-15)18-14(21)10-11-4-2-1-3-5-11/h1-9H,10H2,(H,18,20,21). The van der Waals surface area contributed by atoms with Gasteiger partial charge in [0.15, 0.2) is 5.69 Å². The van der Waals surface area contributed by atoms with E-state index in [1.54, 1.807) is 0 Å². The number of benzene rings is 2. The van der Waals surface area contributed by atoms with Crippen molar-refractivity contribution in [3.05, 3.63) is 64.6 Å². The van der Waals surface area contributed by atoms with Gasteiger partial charge in [0.25, 0.3) is 0 Å². The summed E-state index contributed by atoms with van der Waals surface area (Å²) in [5, 5.41) is 10.4. The molecule has 5 nitrogen and oxygen atoms in total. The molecular formula is C16H12BrN3O2. The molecule has 2 aromatic carbocycles. The van der Waals surface area contributed by atoms with Crippen LogP contribution >= 0.6 is 15.9 Å². The predicted molar refractivity (Wildman–Crippen MR) is 86.2 cm³/mol. The van der Waals surface area contributed by atoms with Gasteiger partial charge in [-0.15, -0.1) is 0 Å². The number of carbonyl (C=O) groups excluding carboxylic acids is 1. The van der Waals surface area contributed by atoms with E-state index < -0.39 is 0 Å². The molecule has 3 aromatic rings. The molecule has 0 aliphatic carbocycles. The van der Waals surface area contributed by atoms with Crippen molar-refractivity contribution in [3.8, 4) is 11.3 Å². The first-order chi connectivity index (χ1) is 10.7. The zero-order valence-corrected chi connectivity index (χ0v) is 13.1. The Labute approximate surface area is 135 Å². The summed E-state index contributed by atoms with van der Waals surface area (Å²) >= 11 is 3.38. The van der Waals surface area contributed by atoms with E-state index in [0.717, 1.165) is 15.6 Å². The molecule has 0 unspecified atom stereocenters. The fourth-order valence-electron chi connectivity index (χ4n) is 2.03. The van der Waals surface area contributed by atoms with Crippen molar-refractivity contribution in [2.45, 2.75) is 6.42 Å². The number of carbonyl (C=O) groups is 1. The fourth-order valence-corrected chi connectivity index (χ4v) is 2.29. The van der Waals surface area contributed by atoms with E-state index in [1.165, 1.54) is 0 Å². The number of nitrogens with zero attached hydrogens (tertiary/aromatic N) is 2. The molecule has 110 valence electrons. The third kappa shape index (κ3) is 3.40.